The van der Waals surface area contributed by atoms with E-state index in [1.54, 1.807) is 13.2 Å². The summed E-state index contributed by atoms with van der Waals surface area (Å²) in [4.78, 5) is 34.1. The average Bonchev–Trinajstić information content (AvgIpc) is 3.01. The lowest BCUT2D eigenvalue weighted by Crippen LogP contribution is -2.38. The number of allylic oxidation sites excluding steroid dienone is 1. The summed E-state index contributed by atoms with van der Waals surface area (Å²) >= 11 is 0. The van der Waals surface area contributed by atoms with Crippen LogP contribution in [-0.2, 0) is 14.4 Å². The maximum Gasteiger partial charge on any atom is 0.322 e. The van der Waals surface area contributed by atoms with Crippen LogP contribution in [0.15, 0.2) is 22.8 Å². The van der Waals surface area contributed by atoms with Crippen molar-refractivity contribution >= 4 is 34.3 Å². The lowest BCUT2D eigenvalue weighted by Gasteiger charge is -2.14. The van der Waals surface area contributed by atoms with Gasteiger partial charge in [-0.2, -0.15) is 0 Å². The van der Waals surface area contributed by atoms with Crippen molar-refractivity contribution in [3.8, 4) is 5.75 Å². The second-order valence-corrected chi connectivity index (χ2v) is 6.32. The fraction of sp³-hybridized carbons (Fsp3) is 0.350. The first kappa shape index (κ1) is 21.0. The second-order valence-electron chi connectivity index (χ2n) is 6.32. The molecule has 1 aromatic carbocycles. The minimum atomic E-state index is -1.15. The predicted octanol–water partition coefficient (Wildman–Crippen LogP) is 2.17. The summed E-state index contributed by atoms with van der Waals surface area (Å²) in [5.74, 6) is -1.56. The molecule has 8 nitrogen and oxygen atoms in total. The summed E-state index contributed by atoms with van der Waals surface area (Å²) in [5.41, 5.74) is 4.01. The highest BCUT2D eigenvalue weighted by molar-refractivity contribution is 5.99. The number of ether oxygens (including phenoxy) is 1. The van der Waals surface area contributed by atoms with Crippen molar-refractivity contribution in [1.29, 1.82) is 0 Å². The Morgan fingerprint density at radius 1 is 1.21 bits per heavy atom. The molecular weight excluding hydrogens is 364 g/mol. The summed E-state index contributed by atoms with van der Waals surface area (Å²) in [6.45, 7) is 7.15. The number of carbonyl (C=O) groups excluding carboxylic acids is 2. The number of carbonyl (C=O) groups is 3. The van der Waals surface area contributed by atoms with Crippen molar-refractivity contribution in [2.24, 2.45) is 0 Å². The van der Waals surface area contributed by atoms with E-state index >= 15 is 0 Å². The van der Waals surface area contributed by atoms with E-state index in [-0.39, 0.29) is 6.54 Å². The van der Waals surface area contributed by atoms with Crippen LogP contribution in [0.2, 0.25) is 0 Å². The van der Waals surface area contributed by atoms with Gasteiger partial charge in [-0.3, -0.25) is 14.4 Å². The first-order valence-electron chi connectivity index (χ1n) is 8.83. The largest absolute Gasteiger partial charge is 0.493 e. The van der Waals surface area contributed by atoms with Crippen molar-refractivity contribution in [1.82, 2.24) is 10.6 Å². The van der Waals surface area contributed by atoms with Crippen molar-refractivity contribution in [3.05, 3.63) is 35.1 Å². The fourth-order valence-electron chi connectivity index (χ4n) is 2.79. The molecule has 8 heteroatoms. The molecule has 0 saturated carbocycles. The van der Waals surface area contributed by atoms with E-state index in [2.05, 4.69) is 10.6 Å². The summed E-state index contributed by atoms with van der Waals surface area (Å²) in [6, 6.07) is 1.92. The molecule has 28 heavy (non-hydrogen) atoms. The van der Waals surface area contributed by atoms with Gasteiger partial charge in [-0.25, -0.2) is 0 Å². The topological polar surface area (TPSA) is 118 Å². The third-order valence-corrected chi connectivity index (χ3v) is 4.16. The molecule has 2 rings (SSSR count). The van der Waals surface area contributed by atoms with Gasteiger partial charge in [0.25, 0.3) is 0 Å². The molecular formula is C20H24N2O6. The maximum absolute atomic E-state index is 12.2. The summed E-state index contributed by atoms with van der Waals surface area (Å²) in [7, 11) is 0. The van der Waals surface area contributed by atoms with Crippen LogP contribution in [0, 0.1) is 13.8 Å². The summed E-state index contributed by atoms with van der Waals surface area (Å²) in [6.07, 6.45) is 3.06. The van der Waals surface area contributed by atoms with E-state index < -0.39 is 24.3 Å². The normalized spacial score (nSPS) is 11.4. The van der Waals surface area contributed by atoms with Crippen LogP contribution in [0.3, 0.4) is 0 Å². The molecule has 1 heterocycles. The van der Waals surface area contributed by atoms with Gasteiger partial charge < -0.3 is 24.9 Å². The van der Waals surface area contributed by atoms with Crippen LogP contribution in [0.4, 0.5) is 0 Å². The Hall–Kier alpha value is -3.29. The van der Waals surface area contributed by atoms with Gasteiger partial charge in [-0.15, -0.1) is 0 Å². The molecule has 0 spiro atoms. The van der Waals surface area contributed by atoms with E-state index in [4.69, 9.17) is 14.3 Å². The fourth-order valence-corrected chi connectivity index (χ4v) is 2.79. The molecule has 0 aliphatic heterocycles. The lowest BCUT2D eigenvalue weighted by molar-refractivity contribution is -0.137. The van der Waals surface area contributed by atoms with E-state index in [9.17, 15) is 14.4 Å². The number of furan rings is 1. The van der Waals surface area contributed by atoms with Crippen molar-refractivity contribution < 1.29 is 28.6 Å². The minimum Gasteiger partial charge on any atom is -0.493 e. The molecule has 0 aliphatic carbocycles. The van der Waals surface area contributed by atoms with Gasteiger partial charge in [0.1, 0.15) is 17.9 Å². The number of hydrogen-bond acceptors (Lipinski definition) is 5. The van der Waals surface area contributed by atoms with Gasteiger partial charge in [0, 0.05) is 22.6 Å². The van der Waals surface area contributed by atoms with Crippen LogP contribution in [0.1, 0.15) is 30.5 Å². The molecule has 0 fully saturated rings. The predicted molar refractivity (Wildman–Crippen MR) is 104 cm³/mol. The first-order valence-corrected chi connectivity index (χ1v) is 8.83. The van der Waals surface area contributed by atoms with Crippen LogP contribution in [0.25, 0.3) is 16.5 Å². The number of rotatable bonds is 8. The highest BCUT2D eigenvalue weighted by Gasteiger charge is 2.17. The quantitative estimate of drug-likeness (QED) is 0.597. The van der Waals surface area contributed by atoms with Crippen molar-refractivity contribution in [3.63, 3.8) is 0 Å². The molecule has 1 aromatic heterocycles. The second kappa shape index (κ2) is 9.07. The van der Waals surface area contributed by atoms with Crippen LogP contribution >= 0.6 is 0 Å². The number of aryl methyl sites for hydroxylation is 2. The monoisotopic (exact) mass is 388 g/mol. The van der Waals surface area contributed by atoms with E-state index in [0.29, 0.717) is 17.9 Å². The van der Waals surface area contributed by atoms with Gasteiger partial charge in [-0.1, -0.05) is 0 Å². The Labute approximate surface area is 162 Å². The third kappa shape index (κ3) is 4.91. The van der Waals surface area contributed by atoms with Crippen LogP contribution in [0.5, 0.6) is 5.75 Å². The molecule has 3 N–H and O–H groups in total. The van der Waals surface area contributed by atoms with Crippen molar-refractivity contribution in [2.45, 2.75) is 27.7 Å². The van der Waals surface area contributed by atoms with E-state index in [1.807, 2.05) is 26.8 Å². The molecule has 0 unspecified atom stereocenters. The Balaban J connectivity index is 2.23. The Bertz CT molecular complexity index is 942. The van der Waals surface area contributed by atoms with Gasteiger partial charge in [0.15, 0.2) is 0 Å². The highest BCUT2D eigenvalue weighted by atomic mass is 16.5. The molecule has 0 saturated heterocycles. The smallest absolute Gasteiger partial charge is 0.322 e. The maximum atomic E-state index is 12.2. The average molecular weight is 388 g/mol. The Morgan fingerprint density at radius 2 is 1.93 bits per heavy atom. The minimum absolute atomic E-state index is 0.312. The number of nitrogens with one attached hydrogen (secondary N) is 2. The van der Waals surface area contributed by atoms with E-state index in [1.165, 1.54) is 6.08 Å². The zero-order valence-electron chi connectivity index (χ0n) is 16.3. The number of aliphatic carboxylic acids is 1. The zero-order chi connectivity index (χ0) is 20.8. The standard InChI is InChI=1S/C20H24N2O6/c1-5-27-19-13(4)20-15(12(3)10-28-20)7-14(19)11(2)6-16(23)21-8-17(24)22-9-18(25)26/h6-7,10H,5,8-9H2,1-4H3,(H,21,23)(H,22,24)(H,25,26)/b11-6+. The molecule has 0 atom stereocenters. The van der Waals surface area contributed by atoms with Gasteiger partial charge in [0.2, 0.25) is 11.8 Å². The summed E-state index contributed by atoms with van der Waals surface area (Å²) < 4.78 is 11.4. The first-order chi connectivity index (χ1) is 13.2. The van der Waals surface area contributed by atoms with Gasteiger partial charge in [-0.05, 0) is 44.9 Å². The van der Waals surface area contributed by atoms with Gasteiger partial charge in [0.05, 0.1) is 19.4 Å². The number of hydrogen-bond donors (Lipinski definition) is 3. The number of carboxylic acid groups (broad SMARTS) is 1. The number of carboxylic acids is 1. The third-order valence-electron chi connectivity index (χ3n) is 4.16. The highest BCUT2D eigenvalue weighted by Crippen LogP contribution is 2.37. The Morgan fingerprint density at radius 3 is 2.57 bits per heavy atom. The molecule has 150 valence electrons. The van der Waals surface area contributed by atoms with Crippen molar-refractivity contribution in [2.75, 3.05) is 19.7 Å². The SMILES string of the molecule is CCOc1c(/C(C)=C/C(=O)NCC(=O)NCC(=O)O)cc2c(C)coc2c1C. The summed E-state index contributed by atoms with van der Waals surface area (Å²) in [5, 5.41) is 14.1. The molecule has 0 bridgehead atoms. The molecule has 2 aromatic rings. The van der Waals surface area contributed by atoms with Crippen LogP contribution in [-0.4, -0.2) is 42.6 Å². The number of fused-ring (bicyclic) bond motifs is 1. The zero-order valence-corrected chi connectivity index (χ0v) is 16.3. The van der Waals surface area contributed by atoms with Crippen LogP contribution < -0.4 is 15.4 Å². The molecule has 2 amide bonds. The lowest BCUT2D eigenvalue weighted by atomic mass is 9.98. The number of benzene rings is 1. The Kier molecular flexibility index (Phi) is 6.81. The van der Waals surface area contributed by atoms with Gasteiger partial charge >= 0.3 is 5.97 Å². The van der Waals surface area contributed by atoms with E-state index in [0.717, 1.165) is 27.7 Å². The number of amides is 2. The molecule has 0 aliphatic rings. The molecule has 0 radical (unpaired) electrons.